The van der Waals surface area contributed by atoms with Crippen molar-refractivity contribution < 1.29 is 0 Å². The van der Waals surface area contributed by atoms with Gasteiger partial charge in [-0.15, -0.1) is 0 Å². The molecule has 0 saturated heterocycles. The van der Waals surface area contributed by atoms with Gasteiger partial charge in [-0.2, -0.15) is 23.5 Å². The number of H-pyrrole nitrogens is 1. The molecule has 3 nitrogen and oxygen atoms in total. The molecular weight excluding hydrogens is 252 g/mol. The number of nitrogens with one attached hydrogen (secondary N) is 1. The van der Waals surface area contributed by atoms with Gasteiger partial charge in [0, 0.05) is 22.3 Å². The van der Waals surface area contributed by atoms with Gasteiger partial charge >= 0.3 is 0 Å². The van der Waals surface area contributed by atoms with Crippen LogP contribution in [0.25, 0.3) is 0 Å². The normalized spacial score (nSPS) is 19.8. The van der Waals surface area contributed by atoms with Gasteiger partial charge in [-0.05, 0) is 12.8 Å². The molecule has 1 aromatic heterocycles. The molecule has 5 heteroatoms. The Morgan fingerprint density at radius 2 is 2.18 bits per heavy atom. The quantitative estimate of drug-likeness (QED) is 0.915. The summed E-state index contributed by atoms with van der Waals surface area (Å²) in [5.74, 6) is 3.46. The Kier molecular flexibility index (Phi) is 3.47. The summed E-state index contributed by atoms with van der Waals surface area (Å²) < 4.78 is 0. The van der Waals surface area contributed by atoms with Crippen LogP contribution in [-0.2, 0) is 17.3 Å². The van der Waals surface area contributed by atoms with E-state index in [-0.39, 0.29) is 5.56 Å². The number of rotatable bonds is 3. The molecule has 0 bridgehead atoms. The van der Waals surface area contributed by atoms with Gasteiger partial charge in [-0.25, -0.2) is 4.98 Å². The molecule has 17 heavy (non-hydrogen) atoms. The van der Waals surface area contributed by atoms with Crippen LogP contribution in [0.4, 0.5) is 0 Å². The fourth-order valence-corrected chi connectivity index (χ4v) is 4.67. The Hall–Kier alpha value is -0.420. The van der Waals surface area contributed by atoms with Gasteiger partial charge in [-0.1, -0.05) is 12.8 Å². The summed E-state index contributed by atoms with van der Waals surface area (Å²) in [6.45, 7) is 0. The third-order valence-electron chi connectivity index (χ3n) is 3.39. The van der Waals surface area contributed by atoms with Crippen LogP contribution >= 0.6 is 23.5 Å². The van der Waals surface area contributed by atoms with Crippen LogP contribution in [-0.4, -0.2) is 15.2 Å². The highest BCUT2D eigenvalue weighted by Crippen LogP contribution is 2.31. The number of aromatic amines is 1. The standard InChI is InChI=1S/C12H16N2OS2/c15-12-9-5-16-6-10(9)13-11(14-12)7-17-8-3-1-2-4-8/h8H,1-7H2,(H,13,14,15). The summed E-state index contributed by atoms with van der Waals surface area (Å²) in [6, 6.07) is 0. The van der Waals surface area contributed by atoms with E-state index >= 15 is 0 Å². The largest absolute Gasteiger partial charge is 0.310 e. The molecule has 1 aliphatic heterocycles. The molecule has 1 aromatic rings. The van der Waals surface area contributed by atoms with E-state index in [0.717, 1.165) is 39.6 Å². The van der Waals surface area contributed by atoms with E-state index in [1.807, 2.05) is 11.8 Å². The lowest BCUT2D eigenvalue weighted by atomic mass is 10.3. The topological polar surface area (TPSA) is 45.8 Å². The predicted molar refractivity (Wildman–Crippen MR) is 73.4 cm³/mol. The van der Waals surface area contributed by atoms with Crippen LogP contribution in [0.5, 0.6) is 0 Å². The fraction of sp³-hybridized carbons (Fsp3) is 0.667. The third-order valence-corrected chi connectivity index (χ3v) is 5.75. The lowest BCUT2D eigenvalue weighted by molar-refractivity contribution is 0.886. The molecule has 2 heterocycles. The molecule has 1 fully saturated rings. The number of hydrogen-bond acceptors (Lipinski definition) is 4. The van der Waals surface area contributed by atoms with Crippen LogP contribution in [0.15, 0.2) is 4.79 Å². The second-order valence-electron chi connectivity index (χ2n) is 4.65. The second kappa shape index (κ2) is 5.06. The Morgan fingerprint density at radius 3 is 3.00 bits per heavy atom. The number of hydrogen-bond donors (Lipinski definition) is 1. The third kappa shape index (κ3) is 2.55. The van der Waals surface area contributed by atoms with Crippen LogP contribution in [0.3, 0.4) is 0 Å². The van der Waals surface area contributed by atoms with Gasteiger partial charge in [0.25, 0.3) is 5.56 Å². The van der Waals surface area contributed by atoms with Crippen molar-refractivity contribution in [1.29, 1.82) is 0 Å². The molecule has 1 N–H and O–H groups in total. The van der Waals surface area contributed by atoms with Crippen LogP contribution in [0, 0.1) is 0 Å². The van der Waals surface area contributed by atoms with Gasteiger partial charge in [0.2, 0.25) is 0 Å². The van der Waals surface area contributed by atoms with E-state index in [4.69, 9.17) is 0 Å². The predicted octanol–water partition coefficient (Wildman–Crippen LogP) is 2.69. The first-order valence-electron chi connectivity index (χ1n) is 6.13. The van der Waals surface area contributed by atoms with Gasteiger partial charge in [0.1, 0.15) is 5.82 Å². The molecule has 92 valence electrons. The maximum Gasteiger partial charge on any atom is 0.255 e. The maximum atomic E-state index is 11.8. The van der Waals surface area contributed by atoms with Crippen molar-refractivity contribution in [3.05, 3.63) is 27.4 Å². The summed E-state index contributed by atoms with van der Waals surface area (Å²) in [4.78, 5) is 19.3. The summed E-state index contributed by atoms with van der Waals surface area (Å²) in [7, 11) is 0. The first kappa shape index (κ1) is 11.7. The average molecular weight is 268 g/mol. The summed E-state index contributed by atoms with van der Waals surface area (Å²) in [5, 5.41) is 0.780. The number of thioether (sulfide) groups is 2. The van der Waals surface area contributed by atoms with Gasteiger partial charge in [0.05, 0.1) is 11.4 Å². The van der Waals surface area contributed by atoms with Crippen molar-refractivity contribution in [3.8, 4) is 0 Å². The van der Waals surface area contributed by atoms with E-state index in [0.29, 0.717) is 0 Å². The Morgan fingerprint density at radius 1 is 1.35 bits per heavy atom. The Bertz CT molecular complexity index is 466. The molecule has 0 spiro atoms. The van der Waals surface area contributed by atoms with Crippen molar-refractivity contribution in [2.75, 3.05) is 0 Å². The molecule has 0 unspecified atom stereocenters. The van der Waals surface area contributed by atoms with E-state index in [1.165, 1.54) is 25.7 Å². The molecule has 0 radical (unpaired) electrons. The van der Waals surface area contributed by atoms with Crippen molar-refractivity contribution in [1.82, 2.24) is 9.97 Å². The monoisotopic (exact) mass is 268 g/mol. The van der Waals surface area contributed by atoms with E-state index in [1.54, 1.807) is 11.8 Å². The van der Waals surface area contributed by atoms with Crippen LogP contribution in [0.2, 0.25) is 0 Å². The highest BCUT2D eigenvalue weighted by molar-refractivity contribution is 7.99. The van der Waals surface area contributed by atoms with Gasteiger partial charge in [0.15, 0.2) is 0 Å². The minimum atomic E-state index is 0.0852. The molecule has 0 aromatic carbocycles. The highest BCUT2D eigenvalue weighted by atomic mass is 32.2. The minimum absolute atomic E-state index is 0.0852. The maximum absolute atomic E-state index is 11.8. The summed E-state index contributed by atoms with van der Waals surface area (Å²) in [5.41, 5.74) is 1.99. The second-order valence-corrected chi connectivity index (χ2v) is 6.92. The van der Waals surface area contributed by atoms with E-state index < -0.39 is 0 Å². The molecule has 0 atom stereocenters. The van der Waals surface area contributed by atoms with Crippen molar-refractivity contribution in [3.63, 3.8) is 0 Å². The zero-order valence-corrected chi connectivity index (χ0v) is 11.3. The smallest absolute Gasteiger partial charge is 0.255 e. The van der Waals surface area contributed by atoms with Crippen molar-refractivity contribution in [2.45, 2.75) is 48.2 Å². The molecule has 1 aliphatic carbocycles. The minimum Gasteiger partial charge on any atom is -0.310 e. The fourth-order valence-electron chi connectivity index (χ4n) is 2.43. The lowest BCUT2D eigenvalue weighted by Crippen LogP contribution is -2.16. The van der Waals surface area contributed by atoms with E-state index in [2.05, 4.69) is 9.97 Å². The first-order chi connectivity index (χ1) is 8.33. The molecule has 1 saturated carbocycles. The Balaban J connectivity index is 1.71. The summed E-state index contributed by atoms with van der Waals surface area (Å²) in [6.07, 6.45) is 5.39. The first-order valence-corrected chi connectivity index (χ1v) is 8.33. The summed E-state index contributed by atoms with van der Waals surface area (Å²) >= 11 is 3.73. The van der Waals surface area contributed by atoms with Gasteiger partial charge < -0.3 is 4.98 Å². The molecule has 3 rings (SSSR count). The van der Waals surface area contributed by atoms with E-state index in [9.17, 15) is 4.79 Å². The molecule has 0 amide bonds. The van der Waals surface area contributed by atoms with Crippen LogP contribution < -0.4 is 5.56 Å². The Labute approximate surface area is 109 Å². The zero-order valence-electron chi connectivity index (χ0n) is 9.70. The zero-order chi connectivity index (χ0) is 11.7. The highest BCUT2D eigenvalue weighted by Gasteiger charge is 2.19. The van der Waals surface area contributed by atoms with Crippen LogP contribution in [0.1, 0.15) is 42.8 Å². The van der Waals surface area contributed by atoms with Crippen molar-refractivity contribution >= 4 is 23.5 Å². The molecule has 2 aliphatic rings. The lowest BCUT2D eigenvalue weighted by Gasteiger charge is -2.08. The number of fused-ring (bicyclic) bond motifs is 1. The SMILES string of the molecule is O=c1[nH]c(CSC2CCCC2)nc2c1CSC2. The number of nitrogens with zero attached hydrogens (tertiary/aromatic N) is 1. The van der Waals surface area contributed by atoms with Crippen molar-refractivity contribution in [2.24, 2.45) is 0 Å². The van der Waals surface area contributed by atoms with Gasteiger partial charge in [-0.3, -0.25) is 4.79 Å². The number of aromatic nitrogens is 2. The molecular formula is C12H16N2OS2. The average Bonchev–Trinajstić information content (AvgIpc) is 2.97.